The molecule has 2 saturated carbocycles. The van der Waals surface area contributed by atoms with Crippen LogP contribution in [0.4, 0.5) is 0 Å². The number of carbonyl (C=O) groups excluding carboxylic acids is 1. The summed E-state index contributed by atoms with van der Waals surface area (Å²) < 4.78 is 0. The number of benzene rings is 1. The maximum Gasteiger partial charge on any atom is 0.176 e. The van der Waals surface area contributed by atoms with Gasteiger partial charge >= 0.3 is 0 Å². The van der Waals surface area contributed by atoms with E-state index < -0.39 is 0 Å². The number of hydrogen-bond donors (Lipinski definition) is 1. The molecule has 1 N–H and O–H groups in total. The molecule has 0 saturated heterocycles. The van der Waals surface area contributed by atoms with Crippen molar-refractivity contribution < 1.29 is 4.79 Å². The van der Waals surface area contributed by atoms with Gasteiger partial charge in [0.15, 0.2) is 5.78 Å². The molecule has 0 spiro atoms. The Morgan fingerprint density at radius 3 is 2.57 bits per heavy atom. The van der Waals surface area contributed by atoms with Crippen molar-refractivity contribution >= 4 is 5.78 Å². The van der Waals surface area contributed by atoms with E-state index in [2.05, 4.69) is 31.3 Å². The lowest BCUT2D eigenvalue weighted by Crippen LogP contribution is -2.39. The first-order chi connectivity index (χ1) is 10.2. The molecule has 3 rings (SSSR count). The molecule has 4 atom stereocenters. The van der Waals surface area contributed by atoms with Crippen molar-refractivity contribution in [3.8, 4) is 0 Å². The molecule has 0 amide bonds. The Bertz CT molecular complexity index is 493. The van der Waals surface area contributed by atoms with Gasteiger partial charge in [0, 0.05) is 11.6 Å². The minimum Gasteiger partial charge on any atom is -0.307 e. The van der Waals surface area contributed by atoms with Crippen LogP contribution in [0.15, 0.2) is 24.3 Å². The second-order valence-corrected chi connectivity index (χ2v) is 6.98. The average molecular weight is 285 g/mol. The van der Waals surface area contributed by atoms with E-state index >= 15 is 0 Å². The highest BCUT2D eigenvalue weighted by molar-refractivity contribution is 5.97. The Labute approximate surface area is 128 Å². The minimum absolute atomic E-state index is 0.215. The summed E-state index contributed by atoms with van der Waals surface area (Å²) in [5.74, 6) is 2.89. The van der Waals surface area contributed by atoms with Crippen LogP contribution in [0, 0.1) is 17.8 Å². The number of fused-ring (bicyclic) bond motifs is 2. The Kier molecular flexibility index (Phi) is 4.44. The first-order valence-corrected chi connectivity index (χ1v) is 8.53. The number of Topliss-reactive ketones (excluding diaryl/α,β-unsaturated/α-hetero) is 1. The number of nitrogens with one attached hydrogen (secondary N) is 1. The van der Waals surface area contributed by atoms with Crippen molar-refractivity contribution in [1.82, 2.24) is 5.32 Å². The van der Waals surface area contributed by atoms with E-state index in [9.17, 15) is 4.79 Å². The summed E-state index contributed by atoms with van der Waals surface area (Å²) in [7, 11) is 0. The van der Waals surface area contributed by atoms with Gasteiger partial charge in [0.25, 0.3) is 0 Å². The molecule has 2 bridgehead atoms. The molecule has 2 nitrogen and oxygen atoms in total. The highest BCUT2D eigenvalue weighted by atomic mass is 16.1. The molecule has 0 aliphatic heterocycles. The topological polar surface area (TPSA) is 29.1 Å². The van der Waals surface area contributed by atoms with Crippen molar-refractivity contribution in [3.63, 3.8) is 0 Å². The third-order valence-corrected chi connectivity index (χ3v) is 5.70. The molecule has 0 radical (unpaired) electrons. The van der Waals surface area contributed by atoms with Crippen LogP contribution in [0.1, 0.15) is 55.5 Å². The Balaban J connectivity index is 1.50. The molecule has 2 aliphatic carbocycles. The summed E-state index contributed by atoms with van der Waals surface area (Å²) in [6, 6.07) is 8.52. The van der Waals surface area contributed by atoms with Gasteiger partial charge in [-0.15, -0.1) is 0 Å². The predicted octanol–water partition coefficient (Wildman–Crippen LogP) is 3.85. The molecule has 1 aromatic carbocycles. The summed E-state index contributed by atoms with van der Waals surface area (Å²) in [4.78, 5) is 12.3. The molecule has 0 aromatic heterocycles. The molecule has 2 fully saturated rings. The number of hydrogen-bond acceptors (Lipinski definition) is 2. The second-order valence-electron chi connectivity index (χ2n) is 6.98. The van der Waals surface area contributed by atoms with Crippen LogP contribution in [0.25, 0.3) is 0 Å². The zero-order valence-corrected chi connectivity index (χ0v) is 13.3. The predicted molar refractivity (Wildman–Crippen MR) is 86.6 cm³/mol. The quantitative estimate of drug-likeness (QED) is 0.804. The summed E-state index contributed by atoms with van der Waals surface area (Å²) in [6.45, 7) is 4.87. The summed E-state index contributed by atoms with van der Waals surface area (Å²) in [5.41, 5.74) is 2.12. The highest BCUT2D eigenvalue weighted by Crippen LogP contribution is 2.49. The fourth-order valence-corrected chi connectivity index (χ4v) is 4.34. The summed E-state index contributed by atoms with van der Waals surface area (Å²) in [6.07, 6.45) is 6.68. The van der Waals surface area contributed by atoms with Gasteiger partial charge in [-0.05, 0) is 55.9 Å². The molecule has 2 heteroatoms. The molecule has 21 heavy (non-hydrogen) atoms. The number of rotatable bonds is 6. The second kappa shape index (κ2) is 6.31. The van der Waals surface area contributed by atoms with Crippen molar-refractivity contribution in [3.05, 3.63) is 35.4 Å². The van der Waals surface area contributed by atoms with E-state index in [1.807, 2.05) is 12.1 Å². The molecule has 114 valence electrons. The van der Waals surface area contributed by atoms with E-state index in [0.717, 1.165) is 29.7 Å². The smallest absolute Gasteiger partial charge is 0.176 e. The van der Waals surface area contributed by atoms with Crippen molar-refractivity contribution in [2.75, 3.05) is 6.54 Å². The first kappa shape index (κ1) is 14.8. The third kappa shape index (κ3) is 3.21. The zero-order chi connectivity index (χ0) is 14.8. The molecular weight excluding hydrogens is 258 g/mol. The van der Waals surface area contributed by atoms with Gasteiger partial charge in [-0.1, -0.05) is 37.6 Å². The van der Waals surface area contributed by atoms with E-state index in [-0.39, 0.29) is 5.78 Å². The highest BCUT2D eigenvalue weighted by Gasteiger charge is 2.41. The van der Waals surface area contributed by atoms with Crippen LogP contribution in [0.3, 0.4) is 0 Å². The molecule has 0 heterocycles. The Hall–Kier alpha value is -1.15. The van der Waals surface area contributed by atoms with Gasteiger partial charge in [-0.2, -0.15) is 0 Å². The Morgan fingerprint density at radius 1 is 1.24 bits per heavy atom. The van der Waals surface area contributed by atoms with Gasteiger partial charge in [-0.3, -0.25) is 4.79 Å². The number of carbonyl (C=O) groups is 1. The summed E-state index contributed by atoms with van der Waals surface area (Å²) in [5, 5.41) is 3.49. The van der Waals surface area contributed by atoms with Crippen LogP contribution >= 0.6 is 0 Å². The SMILES string of the molecule is CCc1ccc(C(=O)CNC(C)C2CC3CCC2C3)cc1. The van der Waals surface area contributed by atoms with Gasteiger partial charge < -0.3 is 5.32 Å². The van der Waals surface area contributed by atoms with Gasteiger partial charge in [0.2, 0.25) is 0 Å². The Morgan fingerprint density at radius 2 is 2.00 bits per heavy atom. The van der Waals surface area contributed by atoms with Gasteiger partial charge in [-0.25, -0.2) is 0 Å². The monoisotopic (exact) mass is 285 g/mol. The maximum atomic E-state index is 12.3. The maximum absolute atomic E-state index is 12.3. The molecule has 4 unspecified atom stereocenters. The van der Waals surface area contributed by atoms with E-state index in [4.69, 9.17) is 0 Å². The molecule has 2 aliphatic rings. The largest absolute Gasteiger partial charge is 0.307 e. The first-order valence-electron chi connectivity index (χ1n) is 8.53. The average Bonchev–Trinajstić information content (AvgIpc) is 3.15. The molecule has 1 aromatic rings. The molecular formula is C19H27NO. The lowest BCUT2D eigenvalue weighted by molar-refractivity contribution is 0.0981. The number of aryl methyl sites for hydroxylation is 1. The summed E-state index contributed by atoms with van der Waals surface area (Å²) >= 11 is 0. The van der Waals surface area contributed by atoms with Crippen LogP contribution in [0.2, 0.25) is 0 Å². The number of ketones is 1. The van der Waals surface area contributed by atoms with Crippen molar-refractivity contribution in [2.45, 2.75) is 52.0 Å². The van der Waals surface area contributed by atoms with Crippen LogP contribution < -0.4 is 5.32 Å². The van der Waals surface area contributed by atoms with E-state index in [1.54, 1.807) is 0 Å². The fourth-order valence-electron chi connectivity index (χ4n) is 4.34. The standard InChI is InChI=1S/C19H27NO/c1-3-14-4-7-16(8-5-14)19(21)12-20-13(2)18-11-15-6-9-17(18)10-15/h4-5,7-8,13,15,17-18,20H,3,6,9-12H2,1-2H3. The lowest BCUT2D eigenvalue weighted by Gasteiger charge is -2.28. The van der Waals surface area contributed by atoms with Crippen molar-refractivity contribution in [1.29, 1.82) is 0 Å². The van der Waals surface area contributed by atoms with Gasteiger partial charge in [0.1, 0.15) is 0 Å². The van der Waals surface area contributed by atoms with Crippen LogP contribution in [0.5, 0.6) is 0 Å². The lowest BCUT2D eigenvalue weighted by atomic mass is 9.84. The van der Waals surface area contributed by atoms with Crippen LogP contribution in [-0.4, -0.2) is 18.4 Å². The normalized spacial score (nSPS) is 28.8. The minimum atomic E-state index is 0.215. The third-order valence-electron chi connectivity index (χ3n) is 5.70. The zero-order valence-electron chi connectivity index (χ0n) is 13.3. The van der Waals surface area contributed by atoms with E-state index in [1.165, 1.54) is 31.2 Å². The van der Waals surface area contributed by atoms with Crippen LogP contribution in [-0.2, 0) is 6.42 Å². The fraction of sp³-hybridized carbons (Fsp3) is 0.632. The van der Waals surface area contributed by atoms with E-state index in [0.29, 0.717) is 12.6 Å². The van der Waals surface area contributed by atoms with Gasteiger partial charge in [0.05, 0.1) is 6.54 Å². The van der Waals surface area contributed by atoms with Crippen molar-refractivity contribution in [2.24, 2.45) is 17.8 Å².